The van der Waals surface area contributed by atoms with Gasteiger partial charge in [0.1, 0.15) is 11.9 Å². The first-order valence-corrected chi connectivity index (χ1v) is 7.10. The molecule has 1 fully saturated rings. The fourth-order valence-electron chi connectivity index (χ4n) is 2.11. The summed E-state index contributed by atoms with van der Waals surface area (Å²) < 4.78 is 21.2. The van der Waals surface area contributed by atoms with E-state index in [1.807, 2.05) is 27.2 Å². The minimum absolute atomic E-state index is 0.265. The van der Waals surface area contributed by atoms with Gasteiger partial charge in [0.05, 0.1) is 25.1 Å². The van der Waals surface area contributed by atoms with Crippen LogP contribution in [-0.4, -0.2) is 28.3 Å². The summed E-state index contributed by atoms with van der Waals surface area (Å²) >= 11 is 1.91. The molecule has 104 valence electrons. The maximum atomic E-state index is 13.6. The number of halogens is 2. The van der Waals surface area contributed by atoms with E-state index in [0.29, 0.717) is 22.3 Å². The summed E-state index contributed by atoms with van der Waals surface area (Å²) in [6.07, 6.45) is 4.43. The summed E-state index contributed by atoms with van der Waals surface area (Å²) in [5.41, 5.74) is 0.515. The fraction of sp³-hybridized carbons (Fsp3) is 0.231. The van der Waals surface area contributed by atoms with Crippen LogP contribution in [0.2, 0.25) is 0 Å². The summed E-state index contributed by atoms with van der Waals surface area (Å²) in [6.45, 7) is 0.937. The Balaban J connectivity index is 1.75. The lowest BCUT2D eigenvalue weighted by molar-refractivity contribution is 0.132. The number of carbonyl (C=O) groups excluding carboxylic acids is 1. The molecule has 1 aliphatic heterocycles. The van der Waals surface area contributed by atoms with E-state index in [9.17, 15) is 9.18 Å². The number of hydrogen-bond donors (Lipinski definition) is 0. The number of cyclic esters (lactones) is 1. The van der Waals surface area contributed by atoms with Crippen molar-refractivity contribution in [1.82, 2.24) is 9.55 Å². The number of benzene rings is 1. The lowest BCUT2D eigenvalue weighted by Gasteiger charge is -2.13. The van der Waals surface area contributed by atoms with E-state index in [4.69, 9.17) is 4.74 Å². The van der Waals surface area contributed by atoms with Gasteiger partial charge in [0, 0.05) is 16.0 Å². The molecule has 0 spiro atoms. The number of carbonyl (C=O) groups is 1. The smallest absolute Gasteiger partial charge is 0.414 e. The van der Waals surface area contributed by atoms with Crippen LogP contribution in [0.5, 0.6) is 0 Å². The lowest BCUT2D eigenvalue weighted by Crippen LogP contribution is -2.25. The Labute approximate surface area is 128 Å². The van der Waals surface area contributed by atoms with Gasteiger partial charge in [-0.3, -0.25) is 4.90 Å². The SMILES string of the molecule is O=C1O[C@@H](Cn2ccnc2)CN1c1ccc(I)c(F)c1. The zero-order valence-corrected chi connectivity index (χ0v) is 12.5. The van der Waals surface area contributed by atoms with E-state index in [0.717, 1.165) is 0 Å². The highest BCUT2D eigenvalue weighted by atomic mass is 127. The van der Waals surface area contributed by atoms with Crippen molar-refractivity contribution in [2.45, 2.75) is 12.6 Å². The summed E-state index contributed by atoms with van der Waals surface area (Å²) in [4.78, 5) is 17.2. The molecule has 1 aromatic carbocycles. The Morgan fingerprint density at radius 3 is 3.05 bits per heavy atom. The van der Waals surface area contributed by atoms with Gasteiger partial charge in [-0.05, 0) is 40.8 Å². The average molecular weight is 387 g/mol. The number of hydrogen-bond acceptors (Lipinski definition) is 3. The van der Waals surface area contributed by atoms with Gasteiger partial charge >= 0.3 is 6.09 Å². The summed E-state index contributed by atoms with van der Waals surface area (Å²) in [7, 11) is 0. The van der Waals surface area contributed by atoms with Gasteiger partial charge in [-0.1, -0.05) is 0 Å². The van der Waals surface area contributed by atoms with E-state index in [2.05, 4.69) is 4.98 Å². The van der Waals surface area contributed by atoms with Gasteiger partial charge in [-0.25, -0.2) is 14.2 Å². The first-order valence-electron chi connectivity index (χ1n) is 6.02. The molecule has 1 saturated heterocycles. The number of anilines is 1. The van der Waals surface area contributed by atoms with Crippen molar-refractivity contribution in [1.29, 1.82) is 0 Å². The largest absolute Gasteiger partial charge is 0.442 e. The van der Waals surface area contributed by atoms with Crippen molar-refractivity contribution in [3.63, 3.8) is 0 Å². The molecule has 0 saturated carbocycles. The third-order valence-electron chi connectivity index (χ3n) is 3.06. The Morgan fingerprint density at radius 1 is 1.50 bits per heavy atom. The minimum Gasteiger partial charge on any atom is -0.442 e. The van der Waals surface area contributed by atoms with E-state index in [1.54, 1.807) is 30.9 Å². The van der Waals surface area contributed by atoms with Crippen LogP contribution in [0, 0.1) is 9.39 Å². The molecule has 1 aromatic heterocycles. The average Bonchev–Trinajstić information content (AvgIpc) is 3.03. The third-order valence-corrected chi connectivity index (χ3v) is 3.94. The molecule has 20 heavy (non-hydrogen) atoms. The third kappa shape index (κ3) is 2.62. The highest BCUT2D eigenvalue weighted by molar-refractivity contribution is 14.1. The van der Waals surface area contributed by atoms with Crippen LogP contribution in [0.1, 0.15) is 0 Å². The van der Waals surface area contributed by atoms with Crippen LogP contribution in [0.15, 0.2) is 36.9 Å². The number of aromatic nitrogens is 2. The van der Waals surface area contributed by atoms with E-state index < -0.39 is 6.09 Å². The van der Waals surface area contributed by atoms with E-state index >= 15 is 0 Å². The van der Waals surface area contributed by atoms with Crippen molar-refractivity contribution in [3.05, 3.63) is 46.3 Å². The second kappa shape index (κ2) is 5.39. The number of amides is 1. The topological polar surface area (TPSA) is 47.4 Å². The quantitative estimate of drug-likeness (QED) is 0.761. The molecule has 3 rings (SSSR count). The molecule has 7 heteroatoms. The Kier molecular flexibility index (Phi) is 3.60. The molecule has 2 aromatic rings. The van der Waals surface area contributed by atoms with E-state index in [1.165, 1.54) is 11.0 Å². The molecule has 1 aliphatic rings. The number of ether oxygens (including phenoxy) is 1. The van der Waals surface area contributed by atoms with Crippen LogP contribution in [0.3, 0.4) is 0 Å². The highest BCUT2D eigenvalue weighted by Gasteiger charge is 2.32. The van der Waals surface area contributed by atoms with Crippen molar-refractivity contribution < 1.29 is 13.9 Å². The van der Waals surface area contributed by atoms with Gasteiger partial charge < -0.3 is 9.30 Å². The zero-order valence-electron chi connectivity index (χ0n) is 10.4. The zero-order chi connectivity index (χ0) is 14.1. The Morgan fingerprint density at radius 2 is 2.35 bits per heavy atom. The normalized spacial score (nSPS) is 18.4. The van der Waals surface area contributed by atoms with Gasteiger partial charge in [0.15, 0.2) is 0 Å². The molecule has 0 radical (unpaired) electrons. The van der Waals surface area contributed by atoms with Crippen LogP contribution in [0.25, 0.3) is 0 Å². The summed E-state index contributed by atoms with van der Waals surface area (Å²) in [5.74, 6) is -0.339. The Bertz CT molecular complexity index is 633. The molecule has 1 atom stereocenters. The maximum Gasteiger partial charge on any atom is 0.414 e. The van der Waals surface area contributed by atoms with Crippen LogP contribution < -0.4 is 4.90 Å². The molecule has 0 aliphatic carbocycles. The summed E-state index contributed by atoms with van der Waals surface area (Å²) in [6, 6.07) is 4.70. The Hall–Kier alpha value is -1.64. The molecule has 0 unspecified atom stereocenters. The van der Waals surface area contributed by atoms with Crippen LogP contribution in [-0.2, 0) is 11.3 Å². The van der Waals surface area contributed by atoms with Gasteiger partial charge in [-0.15, -0.1) is 0 Å². The minimum atomic E-state index is -0.448. The fourth-order valence-corrected chi connectivity index (χ4v) is 2.45. The second-order valence-electron chi connectivity index (χ2n) is 4.47. The first kappa shape index (κ1) is 13.3. The molecule has 0 N–H and O–H groups in total. The first-order chi connectivity index (χ1) is 9.63. The van der Waals surface area contributed by atoms with Crippen molar-refractivity contribution in [3.8, 4) is 0 Å². The molecule has 5 nitrogen and oxygen atoms in total. The van der Waals surface area contributed by atoms with Gasteiger partial charge in [0.25, 0.3) is 0 Å². The van der Waals surface area contributed by atoms with Crippen molar-refractivity contribution >= 4 is 34.4 Å². The molecular formula is C13H11FIN3O2. The highest BCUT2D eigenvalue weighted by Crippen LogP contribution is 2.25. The predicted molar refractivity (Wildman–Crippen MR) is 79.0 cm³/mol. The van der Waals surface area contributed by atoms with E-state index in [-0.39, 0.29) is 11.9 Å². The predicted octanol–water partition coefficient (Wildman–Crippen LogP) is 2.65. The van der Waals surface area contributed by atoms with Crippen LogP contribution in [0.4, 0.5) is 14.9 Å². The maximum absolute atomic E-state index is 13.6. The number of rotatable bonds is 3. The standard InChI is InChI=1S/C13H11FIN3O2/c14-11-5-9(1-2-12(11)15)18-7-10(20-13(18)19)6-17-4-3-16-8-17/h1-5,8,10H,6-7H2/t10-/m0/s1. The van der Waals surface area contributed by atoms with Crippen molar-refractivity contribution in [2.75, 3.05) is 11.4 Å². The van der Waals surface area contributed by atoms with Crippen molar-refractivity contribution in [2.24, 2.45) is 0 Å². The molecular weight excluding hydrogens is 376 g/mol. The van der Waals surface area contributed by atoms with Crippen LogP contribution >= 0.6 is 22.6 Å². The lowest BCUT2D eigenvalue weighted by atomic mass is 10.2. The van der Waals surface area contributed by atoms with Gasteiger partial charge in [0.2, 0.25) is 0 Å². The second-order valence-corrected chi connectivity index (χ2v) is 5.64. The number of imidazole rings is 1. The number of nitrogens with zero attached hydrogens (tertiary/aromatic N) is 3. The molecule has 1 amide bonds. The summed E-state index contributed by atoms with van der Waals surface area (Å²) in [5, 5.41) is 0. The monoisotopic (exact) mass is 387 g/mol. The molecule has 2 heterocycles. The molecule has 0 bridgehead atoms. The van der Waals surface area contributed by atoms with Gasteiger partial charge in [-0.2, -0.15) is 0 Å².